The second-order valence-electron chi connectivity index (χ2n) is 8.72. The first-order valence-electron chi connectivity index (χ1n) is 9.76. The molecule has 1 heterocycles. The van der Waals surface area contributed by atoms with Crippen molar-refractivity contribution in [2.24, 2.45) is 10.8 Å². The molecule has 0 unspecified atom stereocenters. The number of hydrogen-bond acceptors (Lipinski definition) is 3. The Hall–Kier alpha value is -1.85. The fraction of sp³-hybridized carbons (Fsp3) is 0.737. The van der Waals surface area contributed by atoms with Crippen LogP contribution in [0.4, 0.5) is 0 Å². The molecule has 0 aromatic carbocycles. The van der Waals surface area contributed by atoms with E-state index in [1.807, 2.05) is 32.3 Å². The van der Waals surface area contributed by atoms with Crippen molar-refractivity contribution in [2.45, 2.75) is 67.7 Å². The first-order valence-corrected chi connectivity index (χ1v) is 8.26. The molecule has 0 radical (unpaired) electrons. The molecule has 1 aromatic heterocycles. The summed E-state index contributed by atoms with van der Waals surface area (Å²) in [7, 11) is 1.65. The Balaban J connectivity index is 0. The molecule has 25 heavy (non-hydrogen) atoms. The Morgan fingerprint density at radius 3 is 1.52 bits per heavy atom. The molecular formula is C19H38N4O2. The minimum absolute atomic E-state index is 0.0810. The molecule has 6 heteroatoms. The number of carbonyl (C=O) groups is 2. The molecular weight excluding hydrogens is 316 g/mol. The molecule has 3 N–H and O–H groups in total. The normalized spacial score (nSPS) is 13.6. The van der Waals surface area contributed by atoms with Crippen LogP contribution < -0.4 is 10.6 Å². The summed E-state index contributed by atoms with van der Waals surface area (Å²) in [5.74, 6) is 0.664. The Morgan fingerprint density at radius 1 is 0.960 bits per heavy atom. The fourth-order valence-corrected chi connectivity index (χ4v) is 1.24. The van der Waals surface area contributed by atoms with Crippen molar-refractivity contribution in [3.63, 3.8) is 0 Å². The lowest BCUT2D eigenvalue weighted by molar-refractivity contribution is -0.128. The zero-order chi connectivity index (χ0) is 23.0. The van der Waals surface area contributed by atoms with Gasteiger partial charge in [-0.15, -0.1) is 0 Å². The molecule has 0 aliphatic carbocycles. The van der Waals surface area contributed by atoms with Crippen LogP contribution in [0, 0.1) is 10.8 Å². The second kappa shape index (κ2) is 10.2. The third kappa shape index (κ3) is 12.2. The molecule has 0 saturated heterocycles. The lowest BCUT2D eigenvalue weighted by atomic mass is 9.96. The molecule has 1 aromatic rings. The summed E-state index contributed by atoms with van der Waals surface area (Å²) in [6, 6.07) is 0. The van der Waals surface area contributed by atoms with Gasteiger partial charge >= 0.3 is 0 Å². The standard InChI is InChI=1S/C7H12N2.2C6H13NO/c1-7(2,3)6-8-4-5-9-6;2*1-6(2,3)5(8)7-4/h4-5H,1-3H3,(H,8,9);2*1-4H3,(H,7,8)/i;4D3;. The van der Waals surface area contributed by atoms with Crippen molar-refractivity contribution in [1.29, 1.82) is 0 Å². The van der Waals surface area contributed by atoms with Gasteiger partial charge < -0.3 is 15.6 Å². The highest BCUT2D eigenvalue weighted by atomic mass is 16.2. The maximum absolute atomic E-state index is 11.0. The smallest absolute Gasteiger partial charge is 0.225 e. The molecule has 0 aliphatic rings. The van der Waals surface area contributed by atoms with Gasteiger partial charge in [-0.05, 0) is 0 Å². The van der Waals surface area contributed by atoms with Crippen molar-refractivity contribution in [2.75, 3.05) is 14.0 Å². The third-order valence-electron chi connectivity index (χ3n) is 2.91. The monoisotopic (exact) mass is 357 g/mol. The molecule has 0 spiro atoms. The zero-order valence-electron chi connectivity index (χ0n) is 20.4. The van der Waals surface area contributed by atoms with Crippen LogP contribution in [0.2, 0.25) is 0 Å². The lowest BCUT2D eigenvalue weighted by Gasteiger charge is -2.14. The number of amides is 2. The lowest BCUT2D eigenvalue weighted by Crippen LogP contribution is -2.31. The Morgan fingerprint density at radius 2 is 1.40 bits per heavy atom. The molecule has 1 rings (SSSR count). The largest absolute Gasteiger partial charge is 0.359 e. The van der Waals surface area contributed by atoms with Crippen molar-refractivity contribution in [1.82, 2.24) is 20.6 Å². The van der Waals surface area contributed by atoms with E-state index in [1.54, 1.807) is 34.0 Å². The third-order valence-corrected chi connectivity index (χ3v) is 2.91. The van der Waals surface area contributed by atoms with Gasteiger partial charge in [0.2, 0.25) is 11.8 Å². The van der Waals surface area contributed by atoms with Gasteiger partial charge in [-0.1, -0.05) is 62.3 Å². The first-order chi connectivity index (χ1) is 12.2. The average molecular weight is 358 g/mol. The van der Waals surface area contributed by atoms with Crippen molar-refractivity contribution in [3.05, 3.63) is 18.2 Å². The summed E-state index contributed by atoms with van der Waals surface area (Å²) in [6.45, 7) is 14.6. The predicted molar refractivity (Wildman–Crippen MR) is 104 cm³/mol. The van der Waals surface area contributed by atoms with Crippen LogP contribution in [-0.2, 0) is 15.0 Å². The van der Waals surface area contributed by atoms with Gasteiger partial charge in [-0.25, -0.2) is 4.98 Å². The minimum Gasteiger partial charge on any atom is -0.359 e. The van der Waals surface area contributed by atoms with Crippen molar-refractivity contribution in [3.8, 4) is 0 Å². The van der Waals surface area contributed by atoms with Crippen molar-refractivity contribution < 1.29 is 13.7 Å². The van der Waals surface area contributed by atoms with E-state index in [0.717, 1.165) is 5.82 Å². The summed E-state index contributed by atoms with van der Waals surface area (Å²) in [5, 5.41) is 4.49. The second-order valence-corrected chi connectivity index (χ2v) is 8.72. The molecule has 6 nitrogen and oxygen atoms in total. The van der Waals surface area contributed by atoms with Gasteiger partial charge in [0.15, 0.2) is 0 Å². The van der Waals surface area contributed by atoms with Gasteiger partial charge in [-0.3, -0.25) is 9.59 Å². The predicted octanol–water partition coefficient (Wildman–Crippen LogP) is 3.26. The summed E-state index contributed by atoms with van der Waals surface area (Å²) in [4.78, 5) is 28.9. The van der Waals surface area contributed by atoms with Gasteiger partial charge in [-0.2, -0.15) is 0 Å². The number of rotatable bonds is 0. The number of aromatic amines is 1. The van der Waals surface area contributed by atoms with E-state index in [-0.39, 0.29) is 16.7 Å². The Kier molecular flexibility index (Phi) is 7.95. The zero-order valence-corrected chi connectivity index (χ0v) is 17.4. The van der Waals surface area contributed by atoms with Crippen LogP contribution in [0.25, 0.3) is 0 Å². The molecule has 0 atom stereocenters. The summed E-state index contributed by atoms with van der Waals surface area (Å²) in [6.07, 6.45) is 3.63. The van der Waals surface area contributed by atoms with Crippen LogP contribution in [0.1, 0.15) is 72.3 Å². The number of H-pyrrole nitrogens is 1. The number of aromatic nitrogens is 2. The quantitative estimate of drug-likeness (QED) is 0.666. The average Bonchev–Trinajstić information content (AvgIpc) is 2.98. The number of hydrogen-bond donors (Lipinski definition) is 3. The van der Waals surface area contributed by atoms with E-state index in [9.17, 15) is 9.59 Å². The van der Waals surface area contributed by atoms with E-state index in [2.05, 4.69) is 36.1 Å². The summed E-state index contributed by atoms with van der Waals surface area (Å²) in [5.41, 5.74) is -0.730. The highest BCUT2D eigenvalue weighted by Gasteiger charge is 2.19. The molecule has 0 bridgehead atoms. The summed E-state index contributed by atoms with van der Waals surface area (Å²) >= 11 is 0. The topological polar surface area (TPSA) is 86.9 Å². The summed E-state index contributed by atoms with van der Waals surface area (Å²) < 4.78 is 20.2. The SMILES string of the molecule is CC(C)(C)c1ncc[nH]1.CNC(=O)C(C)(C)C.[2H]C([2H])([2H])NC(=O)C(C)(C)C. The number of nitrogens with zero attached hydrogens (tertiary/aromatic N) is 1. The van der Waals surface area contributed by atoms with Gasteiger partial charge in [0.1, 0.15) is 5.82 Å². The van der Waals surface area contributed by atoms with E-state index in [1.165, 1.54) is 0 Å². The number of imidazole rings is 1. The van der Waals surface area contributed by atoms with Gasteiger partial charge in [0.25, 0.3) is 0 Å². The van der Waals surface area contributed by atoms with Crippen molar-refractivity contribution >= 4 is 11.8 Å². The molecule has 0 fully saturated rings. The fourth-order valence-electron chi connectivity index (χ4n) is 1.24. The van der Waals surface area contributed by atoms with E-state index >= 15 is 0 Å². The number of nitrogens with one attached hydrogen (secondary N) is 3. The highest BCUT2D eigenvalue weighted by molar-refractivity contribution is 5.81. The maximum atomic E-state index is 11.0. The maximum Gasteiger partial charge on any atom is 0.225 e. The van der Waals surface area contributed by atoms with E-state index in [4.69, 9.17) is 4.11 Å². The van der Waals surface area contributed by atoms with Gasteiger partial charge in [0.05, 0.1) is 0 Å². The minimum atomic E-state index is -2.37. The Labute approximate surface area is 157 Å². The molecule has 146 valence electrons. The van der Waals surface area contributed by atoms with Crippen LogP contribution in [0.15, 0.2) is 12.4 Å². The van der Waals surface area contributed by atoms with Gasteiger partial charge in [0, 0.05) is 46.8 Å². The van der Waals surface area contributed by atoms with E-state index < -0.39 is 18.3 Å². The molecule has 0 aliphatic heterocycles. The van der Waals surface area contributed by atoms with E-state index in [0.29, 0.717) is 0 Å². The van der Waals surface area contributed by atoms with Crippen LogP contribution >= 0.6 is 0 Å². The highest BCUT2D eigenvalue weighted by Crippen LogP contribution is 2.16. The first kappa shape index (κ1) is 19.5. The van der Waals surface area contributed by atoms with Crippen LogP contribution in [0.5, 0.6) is 0 Å². The molecule has 0 saturated carbocycles. The van der Waals surface area contributed by atoms with Crippen LogP contribution in [0.3, 0.4) is 0 Å². The Bertz CT molecular complexity index is 591. The van der Waals surface area contributed by atoms with Crippen LogP contribution in [-0.4, -0.2) is 35.8 Å². The molecule has 2 amide bonds. The number of carbonyl (C=O) groups excluding carboxylic acids is 2.